The zero-order chi connectivity index (χ0) is 12.9. The minimum atomic E-state index is -3.95. The molecule has 0 aliphatic heterocycles. The third kappa shape index (κ3) is 3.65. The molecule has 0 atom stereocenters. The van der Waals surface area contributed by atoms with Crippen LogP contribution in [-0.2, 0) is 16.1 Å². The smallest absolute Gasteiger partial charge is 0.438 e. The fourth-order valence-corrected chi connectivity index (χ4v) is 1.05. The van der Waals surface area contributed by atoms with E-state index in [1.54, 1.807) is 24.3 Å². The maximum Gasteiger partial charge on any atom is 0.438 e. The van der Waals surface area contributed by atoms with Crippen molar-refractivity contribution >= 4 is 5.91 Å². The van der Waals surface area contributed by atoms with Crippen LogP contribution in [-0.4, -0.2) is 19.1 Å². The number of hydrogen-bond acceptors (Lipinski definition) is 4. The molecule has 7 heteroatoms. The Morgan fingerprint density at radius 1 is 1.41 bits per heavy atom. The first kappa shape index (κ1) is 13.3. The monoisotopic (exact) mass is 246 g/mol. The molecule has 0 unspecified atom stereocenters. The Hall–Kier alpha value is -1.73. The second-order valence-electron chi connectivity index (χ2n) is 3.13. The molecule has 17 heavy (non-hydrogen) atoms. The molecule has 0 aliphatic carbocycles. The minimum Gasteiger partial charge on any atom is -0.497 e. The first-order valence-corrected chi connectivity index (χ1v) is 4.65. The van der Waals surface area contributed by atoms with Crippen molar-refractivity contribution in [2.24, 2.45) is 5.84 Å². The Morgan fingerprint density at radius 3 is 2.47 bits per heavy atom. The maximum absolute atomic E-state index is 12.9. The molecule has 0 fully saturated rings. The number of nitrogens with two attached hydrogens (primary N) is 1. The number of halogens is 2. The summed E-state index contributed by atoms with van der Waals surface area (Å²) < 4.78 is 34.9. The predicted molar refractivity (Wildman–Crippen MR) is 55.1 cm³/mol. The van der Waals surface area contributed by atoms with E-state index in [2.05, 4.69) is 10.6 Å². The zero-order valence-corrected chi connectivity index (χ0v) is 9.07. The summed E-state index contributed by atoms with van der Waals surface area (Å²) in [6.07, 6.45) is -3.95. The first-order chi connectivity index (χ1) is 7.99. The van der Waals surface area contributed by atoms with Gasteiger partial charge in [0, 0.05) is 0 Å². The minimum absolute atomic E-state index is 0.412. The van der Waals surface area contributed by atoms with E-state index in [1.165, 1.54) is 12.5 Å². The van der Waals surface area contributed by atoms with E-state index in [1.807, 2.05) is 0 Å². The number of rotatable bonds is 5. The number of alkyl halides is 2. The van der Waals surface area contributed by atoms with E-state index in [0.29, 0.717) is 11.3 Å². The van der Waals surface area contributed by atoms with Crippen molar-refractivity contribution in [1.29, 1.82) is 0 Å². The van der Waals surface area contributed by atoms with Crippen LogP contribution < -0.4 is 16.0 Å². The molecular weight excluding hydrogens is 234 g/mol. The standard InChI is InChI=1S/C10H12F2N2O3/c1-16-8-4-2-7(3-5-8)6-17-10(11,12)9(15)14-13/h2-5H,6,13H2,1H3,(H,14,15). The fourth-order valence-electron chi connectivity index (χ4n) is 1.05. The van der Waals surface area contributed by atoms with Gasteiger partial charge >= 0.3 is 12.0 Å². The first-order valence-electron chi connectivity index (χ1n) is 4.65. The average molecular weight is 246 g/mol. The Kier molecular flexibility index (Phi) is 4.36. The average Bonchev–Trinajstić information content (AvgIpc) is 2.36. The van der Waals surface area contributed by atoms with Gasteiger partial charge in [0.2, 0.25) is 0 Å². The van der Waals surface area contributed by atoms with Crippen LogP contribution in [0.15, 0.2) is 24.3 Å². The third-order valence-corrected chi connectivity index (χ3v) is 1.97. The lowest BCUT2D eigenvalue weighted by atomic mass is 10.2. The second-order valence-corrected chi connectivity index (χ2v) is 3.13. The van der Waals surface area contributed by atoms with Crippen LogP contribution in [0.25, 0.3) is 0 Å². The highest BCUT2D eigenvalue weighted by atomic mass is 19.3. The number of nitrogens with one attached hydrogen (secondary N) is 1. The van der Waals surface area contributed by atoms with Gasteiger partial charge in [-0.25, -0.2) is 5.84 Å². The van der Waals surface area contributed by atoms with E-state index < -0.39 is 18.6 Å². The lowest BCUT2D eigenvalue weighted by Gasteiger charge is -2.14. The molecule has 0 spiro atoms. The zero-order valence-electron chi connectivity index (χ0n) is 9.07. The third-order valence-electron chi connectivity index (χ3n) is 1.97. The predicted octanol–water partition coefficient (Wildman–Crippen LogP) is 0.794. The Balaban J connectivity index is 2.57. The van der Waals surface area contributed by atoms with Gasteiger partial charge in [0.15, 0.2) is 0 Å². The van der Waals surface area contributed by atoms with Gasteiger partial charge in [-0.2, -0.15) is 8.78 Å². The summed E-state index contributed by atoms with van der Waals surface area (Å²) in [4.78, 5) is 10.6. The molecule has 1 aromatic carbocycles. The highest BCUT2D eigenvalue weighted by Gasteiger charge is 2.39. The Morgan fingerprint density at radius 2 is 2.00 bits per heavy atom. The van der Waals surface area contributed by atoms with Gasteiger partial charge in [-0.3, -0.25) is 10.2 Å². The Labute approximate surface area is 96.5 Å². The number of methoxy groups -OCH3 is 1. The highest BCUT2D eigenvalue weighted by Crippen LogP contribution is 2.19. The molecule has 0 radical (unpaired) electrons. The number of hydrogen-bond donors (Lipinski definition) is 2. The SMILES string of the molecule is COc1ccc(COC(F)(F)C(=O)NN)cc1. The van der Waals surface area contributed by atoms with Gasteiger partial charge in [-0.15, -0.1) is 0 Å². The van der Waals surface area contributed by atoms with Crippen molar-refractivity contribution in [2.75, 3.05) is 7.11 Å². The fraction of sp³-hybridized carbons (Fsp3) is 0.300. The number of hydrazine groups is 1. The highest BCUT2D eigenvalue weighted by molar-refractivity contribution is 5.81. The van der Waals surface area contributed by atoms with E-state index in [0.717, 1.165) is 0 Å². The molecule has 1 rings (SSSR count). The molecule has 0 saturated carbocycles. The number of benzene rings is 1. The number of carbonyl (C=O) groups excluding carboxylic acids is 1. The molecular formula is C10H12F2N2O3. The summed E-state index contributed by atoms with van der Waals surface area (Å²) in [7, 11) is 1.49. The van der Waals surface area contributed by atoms with Crippen molar-refractivity contribution in [3.05, 3.63) is 29.8 Å². The maximum atomic E-state index is 12.9. The van der Waals surface area contributed by atoms with Crippen LogP contribution in [0.5, 0.6) is 5.75 Å². The topological polar surface area (TPSA) is 73.6 Å². The van der Waals surface area contributed by atoms with Crippen LogP contribution in [0.1, 0.15) is 5.56 Å². The van der Waals surface area contributed by atoms with Crippen LogP contribution in [0.4, 0.5) is 8.78 Å². The number of ether oxygens (including phenoxy) is 2. The van der Waals surface area contributed by atoms with Gasteiger partial charge in [0.05, 0.1) is 13.7 Å². The largest absolute Gasteiger partial charge is 0.497 e. The van der Waals surface area contributed by atoms with Crippen LogP contribution in [0.2, 0.25) is 0 Å². The van der Waals surface area contributed by atoms with Gasteiger partial charge in [0.1, 0.15) is 5.75 Å². The number of amides is 1. The molecule has 1 aromatic rings. The van der Waals surface area contributed by atoms with Gasteiger partial charge in [-0.1, -0.05) is 12.1 Å². The summed E-state index contributed by atoms with van der Waals surface area (Å²) in [5.41, 5.74) is 1.81. The second kappa shape index (κ2) is 5.55. The number of carbonyl (C=O) groups is 1. The van der Waals surface area contributed by atoms with Crippen molar-refractivity contribution in [2.45, 2.75) is 12.7 Å². The molecule has 0 saturated heterocycles. The van der Waals surface area contributed by atoms with Crippen molar-refractivity contribution in [1.82, 2.24) is 5.43 Å². The summed E-state index contributed by atoms with van der Waals surface area (Å²) in [6.45, 7) is -0.412. The normalized spacial score (nSPS) is 11.1. The summed E-state index contributed by atoms with van der Waals surface area (Å²) >= 11 is 0. The van der Waals surface area contributed by atoms with Crippen LogP contribution in [0, 0.1) is 0 Å². The van der Waals surface area contributed by atoms with Gasteiger partial charge < -0.3 is 9.47 Å². The molecule has 5 nitrogen and oxygen atoms in total. The van der Waals surface area contributed by atoms with E-state index in [4.69, 9.17) is 4.74 Å². The lowest BCUT2D eigenvalue weighted by Crippen LogP contribution is -2.45. The summed E-state index contributed by atoms with van der Waals surface area (Å²) in [5, 5.41) is 0. The van der Waals surface area contributed by atoms with Crippen LogP contribution >= 0.6 is 0 Å². The molecule has 94 valence electrons. The van der Waals surface area contributed by atoms with Gasteiger partial charge in [0.25, 0.3) is 0 Å². The quantitative estimate of drug-likeness (QED) is 0.457. The molecule has 0 aromatic heterocycles. The van der Waals surface area contributed by atoms with Crippen molar-refractivity contribution < 1.29 is 23.0 Å². The molecule has 0 aliphatic rings. The van der Waals surface area contributed by atoms with Crippen LogP contribution in [0.3, 0.4) is 0 Å². The summed E-state index contributed by atoms with van der Waals surface area (Å²) in [6, 6.07) is 6.30. The summed E-state index contributed by atoms with van der Waals surface area (Å²) in [5.74, 6) is 3.50. The van der Waals surface area contributed by atoms with Crippen molar-refractivity contribution in [3.8, 4) is 5.75 Å². The van der Waals surface area contributed by atoms with E-state index in [-0.39, 0.29) is 0 Å². The lowest BCUT2D eigenvalue weighted by molar-refractivity contribution is -0.236. The van der Waals surface area contributed by atoms with Crippen molar-refractivity contribution in [3.63, 3.8) is 0 Å². The Bertz CT molecular complexity index is 382. The molecule has 0 heterocycles. The molecule has 3 N–H and O–H groups in total. The molecule has 1 amide bonds. The van der Waals surface area contributed by atoms with E-state index in [9.17, 15) is 13.6 Å². The van der Waals surface area contributed by atoms with E-state index >= 15 is 0 Å². The molecule has 0 bridgehead atoms. The van der Waals surface area contributed by atoms with Gasteiger partial charge in [-0.05, 0) is 17.7 Å².